The first-order valence-electron chi connectivity index (χ1n) is 6.88. The summed E-state index contributed by atoms with van der Waals surface area (Å²) in [6.07, 6.45) is 3.70. The second-order valence-corrected chi connectivity index (χ2v) is 5.98. The summed E-state index contributed by atoms with van der Waals surface area (Å²) in [6.45, 7) is 3.04. The fourth-order valence-corrected chi connectivity index (χ4v) is 2.92. The molecule has 104 valence electrons. The molecule has 4 N–H and O–H groups in total. The summed E-state index contributed by atoms with van der Waals surface area (Å²) < 4.78 is 0. The van der Waals surface area contributed by atoms with Crippen LogP contribution in [0.2, 0.25) is 0 Å². The number of hydrogen-bond acceptors (Lipinski definition) is 4. The normalized spacial score (nSPS) is 40.7. The minimum absolute atomic E-state index is 0.0643. The lowest BCUT2D eigenvalue weighted by atomic mass is 9.73. The van der Waals surface area contributed by atoms with Crippen molar-refractivity contribution in [2.24, 2.45) is 5.41 Å². The van der Waals surface area contributed by atoms with Gasteiger partial charge in [-0.05, 0) is 19.3 Å². The number of carbonyl (C=O) groups excluding carboxylic acids is 1. The van der Waals surface area contributed by atoms with Crippen LogP contribution in [-0.2, 0) is 4.79 Å². The lowest BCUT2D eigenvalue weighted by molar-refractivity contribution is -0.124. The molecule has 1 heterocycles. The van der Waals surface area contributed by atoms with E-state index in [2.05, 4.69) is 10.6 Å². The van der Waals surface area contributed by atoms with E-state index in [-0.39, 0.29) is 23.5 Å². The van der Waals surface area contributed by atoms with E-state index in [4.69, 9.17) is 0 Å². The van der Waals surface area contributed by atoms with Gasteiger partial charge in [0, 0.05) is 18.5 Å². The highest BCUT2D eigenvalue weighted by atomic mass is 16.3. The van der Waals surface area contributed by atoms with E-state index < -0.39 is 6.10 Å². The lowest BCUT2D eigenvalue weighted by Gasteiger charge is -2.38. The van der Waals surface area contributed by atoms with Crippen molar-refractivity contribution in [1.82, 2.24) is 10.6 Å². The third kappa shape index (κ3) is 3.02. The standard InChI is InChI=1S/C13H24N2O3/c1-13(5-3-2-4-11(13)17)8-15-12(18)10-6-9(16)7-14-10/h9-11,14,16-17H,2-8H2,1H3,(H,15,18). The van der Waals surface area contributed by atoms with E-state index >= 15 is 0 Å². The molecule has 2 rings (SSSR count). The zero-order valence-electron chi connectivity index (χ0n) is 11.0. The maximum Gasteiger partial charge on any atom is 0.237 e. The quantitative estimate of drug-likeness (QED) is 0.562. The Balaban J connectivity index is 1.81. The van der Waals surface area contributed by atoms with Crippen molar-refractivity contribution in [3.05, 3.63) is 0 Å². The molecule has 2 aliphatic rings. The van der Waals surface area contributed by atoms with Gasteiger partial charge in [-0.15, -0.1) is 0 Å². The molecule has 4 unspecified atom stereocenters. The molecule has 4 atom stereocenters. The molecule has 0 spiro atoms. The van der Waals surface area contributed by atoms with Crippen LogP contribution in [0.15, 0.2) is 0 Å². The number of carbonyl (C=O) groups is 1. The van der Waals surface area contributed by atoms with Gasteiger partial charge in [0.05, 0.1) is 18.2 Å². The highest BCUT2D eigenvalue weighted by molar-refractivity contribution is 5.82. The minimum atomic E-state index is -0.420. The molecule has 5 nitrogen and oxygen atoms in total. The number of amides is 1. The molecule has 1 saturated carbocycles. The van der Waals surface area contributed by atoms with Crippen LogP contribution in [0.25, 0.3) is 0 Å². The summed E-state index contributed by atoms with van der Waals surface area (Å²) >= 11 is 0. The Hall–Kier alpha value is -0.650. The molecule has 0 aromatic rings. The van der Waals surface area contributed by atoms with Crippen molar-refractivity contribution in [2.75, 3.05) is 13.1 Å². The average Bonchev–Trinajstić information content (AvgIpc) is 2.77. The SMILES string of the molecule is CC1(CNC(=O)C2CC(O)CN2)CCCCC1O. The highest BCUT2D eigenvalue weighted by Crippen LogP contribution is 2.35. The van der Waals surface area contributed by atoms with E-state index in [1.807, 2.05) is 6.92 Å². The Bertz CT molecular complexity index is 311. The number of nitrogens with one attached hydrogen (secondary N) is 2. The zero-order valence-corrected chi connectivity index (χ0v) is 11.0. The third-order valence-electron chi connectivity index (χ3n) is 4.37. The molecule has 0 aromatic carbocycles. The number of hydrogen-bond donors (Lipinski definition) is 4. The Morgan fingerprint density at radius 3 is 2.83 bits per heavy atom. The number of rotatable bonds is 3. The molecule has 1 amide bonds. The third-order valence-corrected chi connectivity index (χ3v) is 4.37. The molecule has 5 heteroatoms. The van der Waals surface area contributed by atoms with Crippen molar-refractivity contribution in [2.45, 2.75) is 57.3 Å². The molecule has 1 aliphatic heterocycles. The van der Waals surface area contributed by atoms with Crippen LogP contribution in [-0.4, -0.2) is 47.5 Å². The van der Waals surface area contributed by atoms with Gasteiger partial charge in [0.2, 0.25) is 5.91 Å². The van der Waals surface area contributed by atoms with Gasteiger partial charge in [-0.3, -0.25) is 4.79 Å². The summed E-state index contributed by atoms with van der Waals surface area (Å²) in [4.78, 5) is 11.9. The summed E-state index contributed by atoms with van der Waals surface area (Å²) in [5.74, 6) is -0.0643. The van der Waals surface area contributed by atoms with Crippen molar-refractivity contribution >= 4 is 5.91 Å². The molecule has 0 bridgehead atoms. The van der Waals surface area contributed by atoms with Gasteiger partial charge >= 0.3 is 0 Å². The molecule has 2 fully saturated rings. The van der Waals surface area contributed by atoms with Gasteiger partial charge in [0.25, 0.3) is 0 Å². The minimum Gasteiger partial charge on any atom is -0.392 e. The van der Waals surface area contributed by atoms with Crippen LogP contribution in [0, 0.1) is 5.41 Å². The van der Waals surface area contributed by atoms with Crippen molar-refractivity contribution in [1.29, 1.82) is 0 Å². The molecule has 1 saturated heterocycles. The van der Waals surface area contributed by atoms with E-state index in [0.29, 0.717) is 19.5 Å². The van der Waals surface area contributed by atoms with Crippen LogP contribution in [0.3, 0.4) is 0 Å². The van der Waals surface area contributed by atoms with Gasteiger partial charge in [0.1, 0.15) is 0 Å². The average molecular weight is 256 g/mol. The molecule has 18 heavy (non-hydrogen) atoms. The van der Waals surface area contributed by atoms with E-state index in [0.717, 1.165) is 25.7 Å². The summed E-state index contributed by atoms with van der Waals surface area (Å²) in [7, 11) is 0. The van der Waals surface area contributed by atoms with E-state index in [1.54, 1.807) is 0 Å². The van der Waals surface area contributed by atoms with Crippen LogP contribution in [0.1, 0.15) is 39.0 Å². The second kappa shape index (κ2) is 5.55. The summed E-state index contributed by atoms with van der Waals surface area (Å²) in [5, 5.41) is 25.3. The number of β-amino-alcohol motifs (C(OH)–C–C–N with tert-alkyl or cyclic N) is 1. The van der Waals surface area contributed by atoms with Crippen molar-refractivity contribution < 1.29 is 15.0 Å². The first kappa shape index (κ1) is 13.8. The van der Waals surface area contributed by atoms with Gasteiger partial charge in [-0.25, -0.2) is 0 Å². The first-order chi connectivity index (χ1) is 8.51. The maximum absolute atomic E-state index is 11.9. The van der Waals surface area contributed by atoms with Gasteiger partial charge in [0.15, 0.2) is 0 Å². The molecular formula is C13H24N2O3. The molecule has 1 aliphatic carbocycles. The smallest absolute Gasteiger partial charge is 0.237 e. The van der Waals surface area contributed by atoms with E-state index in [1.165, 1.54) is 0 Å². The fourth-order valence-electron chi connectivity index (χ4n) is 2.92. The van der Waals surface area contributed by atoms with E-state index in [9.17, 15) is 15.0 Å². The Kier molecular flexibility index (Phi) is 4.25. The summed E-state index contributed by atoms with van der Waals surface area (Å²) in [6, 6.07) is -0.288. The molecule has 0 radical (unpaired) electrons. The topological polar surface area (TPSA) is 81.6 Å². The lowest BCUT2D eigenvalue weighted by Crippen LogP contribution is -2.49. The second-order valence-electron chi connectivity index (χ2n) is 5.98. The Morgan fingerprint density at radius 1 is 1.44 bits per heavy atom. The van der Waals surface area contributed by atoms with Crippen LogP contribution >= 0.6 is 0 Å². The predicted molar refractivity (Wildman–Crippen MR) is 68.0 cm³/mol. The first-order valence-corrected chi connectivity index (χ1v) is 6.88. The fraction of sp³-hybridized carbons (Fsp3) is 0.923. The van der Waals surface area contributed by atoms with Crippen LogP contribution in [0.4, 0.5) is 0 Å². The van der Waals surface area contributed by atoms with Crippen LogP contribution in [0.5, 0.6) is 0 Å². The highest BCUT2D eigenvalue weighted by Gasteiger charge is 2.36. The largest absolute Gasteiger partial charge is 0.392 e. The van der Waals surface area contributed by atoms with Gasteiger partial charge in [-0.2, -0.15) is 0 Å². The Labute approximate surface area is 108 Å². The molecule has 0 aromatic heterocycles. The molecular weight excluding hydrogens is 232 g/mol. The van der Waals surface area contributed by atoms with Crippen molar-refractivity contribution in [3.63, 3.8) is 0 Å². The maximum atomic E-state index is 11.9. The van der Waals surface area contributed by atoms with Crippen molar-refractivity contribution in [3.8, 4) is 0 Å². The summed E-state index contributed by atoms with van der Waals surface area (Å²) in [5.41, 5.74) is -0.203. The van der Waals surface area contributed by atoms with Gasteiger partial charge < -0.3 is 20.8 Å². The number of aliphatic hydroxyl groups excluding tert-OH is 2. The predicted octanol–water partition coefficient (Wildman–Crippen LogP) is -0.233. The zero-order chi connectivity index (χ0) is 13.2. The monoisotopic (exact) mass is 256 g/mol. The Morgan fingerprint density at radius 2 is 2.22 bits per heavy atom. The number of aliphatic hydroxyl groups is 2. The van der Waals surface area contributed by atoms with Gasteiger partial charge in [-0.1, -0.05) is 19.8 Å². The van der Waals surface area contributed by atoms with Crippen LogP contribution < -0.4 is 10.6 Å².